The van der Waals surface area contributed by atoms with Gasteiger partial charge in [0.1, 0.15) is 0 Å². The predicted molar refractivity (Wildman–Crippen MR) is 69.0 cm³/mol. The molecule has 1 aromatic rings. The number of pyridine rings is 1. The molecule has 0 bridgehead atoms. The Kier molecular flexibility index (Phi) is 3.79. The summed E-state index contributed by atoms with van der Waals surface area (Å²) in [6, 6.07) is 4.74. The van der Waals surface area contributed by atoms with Crippen molar-refractivity contribution in [2.45, 2.75) is 51.2 Å². The Hall–Kier alpha value is -0.930. The SMILES string of the molecule is CCc1ccc(CC(C)(O)CNC2CC2)nc1. The molecule has 2 N–H and O–H groups in total. The Balaban J connectivity index is 1.87. The monoisotopic (exact) mass is 234 g/mol. The zero-order chi connectivity index (χ0) is 12.3. The van der Waals surface area contributed by atoms with Crippen LogP contribution in [0.25, 0.3) is 0 Å². The average molecular weight is 234 g/mol. The Morgan fingerprint density at radius 2 is 2.24 bits per heavy atom. The van der Waals surface area contributed by atoms with Gasteiger partial charge >= 0.3 is 0 Å². The summed E-state index contributed by atoms with van der Waals surface area (Å²) in [4.78, 5) is 4.39. The first-order valence-corrected chi connectivity index (χ1v) is 6.48. The molecule has 0 radical (unpaired) electrons. The van der Waals surface area contributed by atoms with Gasteiger partial charge in [-0.25, -0.2) is 0 Å². The number of nitrogens with zero attached hydrogens (tertiary/aromatic N) is 1. The van der Waals surface area contributed by atoms with E-state index in [0.29, 0.717) is 19.0 Å². The highest BCUT2D eigenvalue weighted by atomic mass is 16.3. The van der Waals surface area contributed by atoms with E-state index in [1.54, 1.807) is 0 Å². The van der Waals surface area contributed by atoms with E-state index in [0.717, 1.165) is 12.1 Å². The van der Waals surface area contributed by atoms with Crippen LogP contribution in [0.15, 0.2) is 18.3 Å². The molecule has 0 aromatic carbocycles. The van der Waals surface area contributed by atoms with E-state index in [1.807, 2.05) is 19.2 Å². The van der Waals surface area contributed by atoms with Gasteiger partial charge in [-0.15, -0.1) is 0 Å². The molecule has 94 valence electrons. The maximum atomic E-state index is 10.3. The molecule has 3 heteroatoms. The van der Waals surface area contributed by atoms with Gasteiger partial charge in [-0.2, -0.15) is 0 Å². The van der Waals surface area contributed by atoms with E-state index in [9.17, 15) is 5.11 Å². The van der Waals surface area contributed by atoms with Gasteiger partial charge in [-0.3, -0.25) is 4.98 Å². The van der Waals surface area contributed by atoms with Crippen molar-refractivity contribution in [2.24, 2.45) is 0 Å². The number of aliphatic hydroxyl groups is 1. The minimum atomic E-state index is -0.705. The molecular weight excluding hydrogens is 212 g/mol. The Morgan fingerprint density at radius 1 is 1.47 bits per heavy atom. The van der Waals surface area contributed by atoms with E-state index >= 15 is 0 Å². The molecule has 0 aliphatic heterocycles. The number of hydrogen-bond donors (Lipinski definition) is 2. The zero-order valence-electron chi connectivity index (χ0n) is 10.7. The summed E-state index contributed by atoms with van der Waals surface area (Å²) < 4.78 is 0. The van der Waals surface area contributed by atoms with Crippen molar-refractivity contribution in [2.75, 3.05) is 6.54 Å². The van der Waals surface area contributed by atoms with Crippen LogP contribution >= 0.6 is 0 Å². The number of aromatic nitrogens is 1. The standard InChI is InChI=1S/C14H22N2O/c1-3-11-4-5-13(15-9-11)8-14(2,17)10-16-12-6-7-12/h4-5,9,12,16-17H,3,6-8,10H2,1-2H3. The maximum absolute atomic E-state index is 10.3. The van der Waals surface area contributed by atoms with Crippen LogP contribution in [0.3, 0.4) is 0 Å². The summed E-state index contributed by atoms with van der Waals surface area (Å²) in [6.07, 6.45) is 6.02. The molecule has 1 fully saturated rings. The highest BCUT2D eigenvalue weighted by Gasteiger charge is 2.27. The van der Waals surface area contributed by atoms with Crippen molar-refractivity contribution in [1.29, 1.82) is 0 Å². The summed E-state index contributed by atoms with van der Waals surface area (Å²) in [5.74, 6) is 0. The molecule has 1 aliphatic carbocycles. The van der Waals surface area contributed by atoms with Crippen molar-refractivity contribution < 1.29 is 5.11 Å². The largest absolute Gasteiger partial charge is 0.388 e. The second-order valence-electron chi connectivity index (χ2n) is 5.34. The molecular formula is C14H22N2O. The molecule has 1 unspecified atom stereocenters. The van der Waals surface area contributed by atoms with Crippen LogP contribution in [0.5, 0.6) is 0 Å². The van der Waals surface area contributed by atoms with Crippen LogP contribution in [0.1, 0.15) is 37.9 Å². The van der Waals surface area contributed by atoms with Crippen LogP contribution in [0.2, 0.25) is 0 Å². The van der Waals surface area contributed by atoms with Crippen molar-refractivity contribution in [3.8, 4) is 0 Å². The summed E-state index contributed by atoms with van der Waals surface area (Å²) in [7, 11) is 0. The third-order valence-corrected chi connectivity index (χ3v) is 3.21. The van der Waals surface area contributed by atoms with Crippen LogP contribution in [0.4, 0.5) is 0 Å². The number of rotatable bonds is 6. The molecule has 1 aliphatic rings. The first-order valence-electron chi connectivity index (χ1n) is 6.48. The van der Waals surface area contributed by atoms with Gasteiger partial charge in [0.2, 0.25) is 0 Å². The fraction of sp³-hybridized carbons (Fsp3) is 0.643. The molecule has 1 aromatic heterocycles. The first kappa shape index (κ1) is 12.5. The fourth-order valence-electron chi connectivity index (χ4n) is 1.87. The summed E-state index contributed by atoms with van der Waals surface area (Å²) in [5.41, 5.74) is 1.50. The van der Waals surface area contributed by atoms with Gasteiger partial charge in [0.05, 0.1) is 5.60 Å². The van der Waals surface area contributed by atoms with Gasteiger partial charge in [0.25, 0.3) is 0 Å². The number of nitrogens with one attached hydrogen (secondary N) is 1. The second-order valence-corrected chi connectivity index (χ2v) is 5.34. The number of aryl methyl sites for hydroxylation is 1. The van der Waals surface area contributed by atoms with Crippen LogP contribution in [-0.2, 0) is 12.8 Å². The van der Waals surface area contributed by atoms with Crippen molar-refractivity contribution in [3.63, 3.8) is 0 Å². The molecule has 1 atom stereocenters. The van der Waals surface area contributed by atoms with Crippen LogP contribution < -0.4 is 5.32 Å². The van der Waals surface area contributed by atoms with Crippen molar-refractivity contribution in [3.05, 3.63) is 29.6 Å². The minimum absolute atomic E-state index is 0.608. The van der Waals surface area contributed by atoms with Gasteiger partial charge < -0.3 is 10.4 Å². The van der Waals surface area contributed by atoms with E-state index in [-0.39, 0.29) is 0 Å². The topological polar surface area (TPSA) is 45.1 Å². The summed E-state index contributed by atoms with van der Waals surface area (Å²) in [6.45, 7) is 4.64. The normalized spacial score (nSPS) is 19.0. The molecule has 0 spiro atoms. The molecule has 1 saturated carbocycles. The average Bonchev–Trinajstić information content (AvgIpc) is 3.11. The molecule has 2 rings (SSSR count). The molecule has 0 amide bonds. The van der Waals surface area contributed by atoms with Crippen molar-refractivity contribution in [1.82, 2.24) is 10.3 Å². The quantitative estimate of drug-likeness (QED) is 0.787. The Bertz CT molecular complexity index is 355. The molecule has 17 heavy (non-hydrogen) atoms. The van der Waals surface area contributed by atoms with Crippen molar-refractivity contribution >= 4 is 0 Å². The van der Waals surface area contributed by atoms with E-state index in [1.165, 1.54) is 18.4 Å². The van der Waals surface area contributed by atoms with Gasteiger partial charge in [0, 0.05) is 30.9 Å². The Labute approximate surface area is 103 Å². The van der Waals surface area contributed by atoms with E-state index < -0.39 is 5.60 Å². The highest BCUT2D eigenvalue weighted by molar-refractivity contribution is 5.15. The maximum Gasteiger partial charge on any atom is 0.0798 e. The zero-order valence-corrected chi connectivity index (χ0v) is 10.7. The molecule has 0 saturated heterocycles. The summed E-state index contributed by atoms with van der Waals surface area (Å²) >= 11 is 0. The second kappa shape index (κ2) is 5.15. The third kappa shape index (κ3) is 4.10. The van der Waals surface area contributed by atoms with Crippen LogP contribution in [0, 0.1) is 0 Å². The van der Waals surface area contributed by atoms with Gasteiger partial charge in [-0.05, 0) is 37.8 Å². The Morgan fingerprint density at radius 3 is 2.76 bits per heavy atom. The fourth-order valence-corrected chi connectivity index (χ4v) is 1.87. The smallest absolute Gasteiger partial charge is 0.0798 e. The molecule has 1 heterocycles. The van der Waals surface area contributed by atoms with E-state index in [2.05, 4.69) is 23.3 Å². The predicted octanol–water partition coefficient (Wildman–Crippen LogP) is 1.69. The summed E-state index contributed by atoms with van der Waals surface area (Å²) in [5, 5.41) is 13.6. The lowest BCUT2D eigenvalue weighted by atomic mass is 9.99. The van der Waals surface area contributed by atoms with E-state index in [4.69, 9.17) is 0 Å². The van der Waals surface area contributed by atoms with Crippen LogP contribution in [-0.4, -0.2) is 28.3 Å². The third-order valence-electron chi connectivity index (χ3n) is 3.21. The lowest BCUT2D eigenvalue weighted by molar-refractivity contribution is 0.0588. The lowest BCUT2D eigenvalue weighted by Gasteiger charge is -2.23. The van der Waals surface area contributed by atoms with Gasteiger partial charge in [0.15, 0.2) is 0 Å². The first-order chi connectivity index (χ1) is 8.09. The van der Waals surface area contributed by atoms with Gasteiger partial charge in [-0.1, -0.05) is 13.0 Å². The highest BCUT2D eigenvalue weighted by Crippen LogP contribution is 2.20. The minimum Gasteiger partial charge on any atom is -0.388 e. The number of hydrogen-bond acceptors (Lipinski definition) is 3. The lowest BCUT2D eigenvalue weighted by Crippen LogP contribution is -2.40. The molecule has 3 nitrogen and oxygen atoms in total.